The van der Waals surface area contributed by atoms with Gasteiger partial charge in [0, 0.05) is 16.7 Å². The molecule has 5 rings (SSSR count). The molecule has 0 aliphatic heterocycles. The Labute approximate surface area is 190 Å². The third-order valence-electron chi connectivity index (χ3n) is 5.31. The van der Waals surface area contributed by atoms with E-state index in [1.165, 1.54) is 6.33 Å². The van der Waals surface area contributed by atoms with E-state index in [-0.39, 0.29) is 12.5 Å². The highest BCUT2D eigenvalue weighted by Gasteiger charge is 2.14. The summed E-state index contributed by atoms with van der Waals surface area (Å²) < 4.78 is 10.7. The van der Waals surface area contributed by atoms with Gasteiger partial charge in [0.15, 0.2) is 5.76 Å². The van der Waals surface area contributed by atoms with Gasteiger partial charge in [-0.1, -0.05) is 35.5 Å². The van der Waals surface area contributed by atoms with Crippen LogP contribution in [0.4, 0.5) is 0 Å². The number of carbonyl (C=O) groups excluding carboxylic acids is 1. The van der Waals surface area contributed by atoms with Crippen LogP contribution >= 0.6 is 0 Å². The third-order valence-corrected chi connectivity index (χ3v) is 5.31. The zero-order chi connectivity index (χ0) is 22.6. The molecule has 1 N–H and O–H groups in total. The molecule has 0 unspecified atom stereocenters. The molecular formula is C26H20N4O3. The fourth-order valence-corrected chi connectivity index (χ4v) is 3.57. The number of aromatic nitrogens is 3. The van der Waals surface area contributed by atoms with E-state index in [2.05, 4.69) is 20.4 Å². The number of methoxy groups -OCH3 is 1. The maximum Gasteiger partial charge on any atom is 0.251 e. The molecule has 5 aromatic rings. The third kappa shape index (κ3) is 4.29. The van der Waals surface area contributed by atoms with E-state index >= 15 is 0 Å². The molecule has 1 amide bonds. The van der Waals surface area contributed by atoms with Gasteiger partial charge >= 0.3 is 0 Å². The summed E-state index contributed by atoms with van der Waals surface area (Å²) in [6, 6.07) is 24.5. The molecule has 0 aliphatic carbocycles. The minimum atomic E-state index is -0.207. The smallest absolute Gasteiger partial charge is 0.251 e. The quantitative estimate of drug-likeness (QED) is 0.408. The maximum atomic E-state index is 12.8. The lowest BCUT2D eigenvalue weighted by Gasteiger charge is -2.07. The van der Waals surface area contributed by atoms with Crippen molar-refractivity contribution in [3.05, 3.63) is 96.4 Å². The molecule has 162 valence electrons. The molecule has 0 atom stereocenters. The predicted molar refractivity (Wildman–Crippen MR) is 125 cm³/mol. The van der Waals surface area contributed by atoms with Gasteiger partial charge in [0.05, 0.1) is 30.4 Å². The standard InChI is InChI=1S/C26H20N4O3/c1-32-21-10-7-17(8-11-21)24-14-20(28-16-29-24)15-27-26(31)19-9-12-23-22(13-19)25(33-30-23)18-5-3-2-4-6-18/h2-14,16H,15H2,1H3,(H,27,31). The van der Waals surface area contributed by atoms with E-state index in [1.807, 2.05) is 60.7 Å². The van der Waals surface area contributed by atoms with Gasteiger partial charge in [0.1, 0.15) is 17.6 Å². The van der Waals surface area contributed by atoms with Crippen LogP contribution in [-0.4, -0.2) is 28.1 Å². The first-order valence-electron chi connectivity index (χ1n) is 10.4. The first kappa shape index (κ1) is 20.4. The lowest BCUT2D eigenvalue weighted by Crippen LogP contribution is -2.23. The number of carbonyl (C=O) groups is 1. The van der Waals surface area contributed by atoms with E-state index in [0.29, 0.717) is 22.5 Å². The van der Waals surface area contributed by atoms with E-state index in [0.717, 1.165) is 28.0 Å². The number of ether oxygens (including phenoxy) is 1. The first-order valence-corrected chi connectivity index (χ1v) is 10.4. The number of hydrogen-bond donors (Lipinski definition) is 1. The molecule has 0 aliphatic rings. The number of rotatable bonds is 6. The van der Waals surface area contributed by atoms with Gasteiger partial charge in [0.25, 0.3) is 5.91 Å². The Kier molecular flexibility index (Phi) is 5.51. The number of hydrogen-bond acceptors (Lipinski definition) is 6. The van der Waals surface area contributed by atoms with Crippen LogP contribution in [0.5, 0.6) is 5.75 Å². The highest BCUT2D eigenvalue weighted by Crippen LogP contribution is 2.29. The molecule has 2 heterocycles. The predicted octanol–water partition coefficient (Wildman–Crippen LogP) is 4.89. The summed E-state index contributed by atoms with van der Waals surface area (Å²) in [5.74, 6) is 1.21. The Balaban J connectivity index is 1.33. The average molecular weight is 436 g/mol. The summed E-state index contributed by atoms with van der Waals surface area (Å²) >= 11 is 0. The molecule has 0 saturated heterocycles. The summed E-state index contributed by atoms with van der Waals surface area (Å²) in [6.45, 7) is 0.276. The zero-order valence-corrected chi connectivity index (χ0v) is 17.9. The first-order chi connectivity index (χ1) is 16.2. The van der Waals surface area contributed by atoms with Crippen LogP contribution in [0.2, 0.25) is 0 Å². The molecule has 7 nitrogen and oxygen atoms in total. The van der Waals surface area contributed by atoms with E-state index in [1.54, 1.807) is 25.3 Å². The lowest BCUT2D eigenvalue weighted by atomic mass is 10.1. The Morgan fingerprint density at radius 1 is 0.939 bits per heavy atom. The molecular weight excluding hydrogens is 416 g/mol. The topological polar surface area (TPSA) is 90.1 Å². The second-order valence-corrected chi connectivity index (χ2v) is 7.42. The number of fused-ring (bicyclic) bond motifs is 1. The van der Waals surface area contributed by atoms with Gasteiger partial charge in [-0.2, -0.15) is 0 Å². The van der Waals surface area contributed by atoms with Crippen LogP contribution in [0.1, 0.15) is 16.1 Å². The van der Waals surface area contributed by atoms with Crippen molar-refractivity contribution in [3.63, 3.8) is 0 Å². The monoisotopic (exact) mass is 436 g/mol. The van der Waals surface area contributed by atoms with Crippen LogP contribution < -0.4 is 10.1 Å². The average Bonchev–Trinajstić information content (AvgIpc) is 3.31. The molecule has 0 bridgehead atoms. The SMILES string of the molecule is COc1ccc(-c2cc(CNC(=O)c3ccc4noc(-c5ccccc5)c4c3)ncn2)cc1. The largest absolute Gasteiger partial charge is 0.497 e. The van der Waals surface area contributed by atoms with Crippen molar-refractivity contribution < 1.29 is 14.1 Å². The molecule has 33 heavy (non-hydrogen) atoms. The zero-order valence-electron chi connectivity index (χ0n) is 17.9. The van der Waals surface area contributed by atoms with Crippen molar-refractivity contribution in [2.45, 2.75) is 6.54 Å². The van der Waals surface area contributed by atoms with E-state index in [9.17, 15) is 4.79 Å². The summed E-state index contributed by atoms with van der Waals surface area (Å²) in [7, 11) is 1.63. The highest BCUT2D eigenvalue weighted by molar-refractivity contribution is 6.00. The Morgan fingerprint density at radius 3 is 2.55 bits per heavy atom. The summed E-state index contributed by atoms with van der Waals surface area (Å²) in [4.78, 5) is 21.5. The summed E-state index contributed by atoms with van der Waals surface area (Å²) in [5, 5.41) is 7.82. The van der Waals surface area contributed by atoms with Crippen molar-refractivity contribution >= 4 is 16.8 Å². The van der Waals surface area contributed by atoms with E-state index < -0.39 is 0 Å². The van der Waals surface area contributed by atoms with Crippen LogP contribution in [0, 0.1) is 0 Å². The van der Waals surface area contributed by atoms with Crippen molar-refractivity contribution in [1.29, 1.82) is 0 Å². The fourth-order valence-electron chi connectivity index (χ4n) is 3.57. The molecule has 0 spiro atoms. The number of benzene rings is 3. The van der Waals surface area contributed by atoms with Crippen molar-refractivity contribution in [1.82, 2.24) is 20.4 Å². The van der Waals surface area contributed by atoms with Gasteiger partial charge in [-0.3, -0.25) is 4.79 Å². The molecule has 7 heteroatoms. The minimum absolute atomic E-state index is 0.207. The van der Waals surface area contributed by atoms with Crippen LogP contribution in [0.25, 0.3) is 33.5 Å². The Hall–Kier alpha value is -4.52. The second kappa shape index (κ2) is 8.92. The van der Waals surface area contributed by atoms with Crippen LogP contribution in [-0.2, 0) is 6.54 Å². The molecule has 2 aromatic heterocycles. The van der Waals surface area contributed by atoms with Crippen LogP contribution in [0.15, 0.2) is 89.7 Å². The van der Waals surface area contributed by atoms with Gasteiger partial charge in [-0.05, 0) is 48.5 Å². The van der Waals surface area contributed by atoms with Gasteiger partial charge in [0.2, 0.25) is 0 Å². The Bertz CT molecular complexity index is 1410. The molecule has 0 saturated carbocycles. The lowest BCUT2D eigenvalue weighted by molar-refractivity contribution is 0.0950. The van der Waals surface area contributed by atoms with Crippen LogP contribution in [0.3, 0.4) is 0 Å². The minimum Gasteiger partial charge on any atom is -0.497 e. The summed E-state index contributed by atoms with van der Waals surface area (Å²) in [5.41, 5.74) is 4.55. The number of nitrogens with zero attached hydrogens (tertiary/aromatic N) is 3. The molecule has 3 aromatic carbocycles. The fraction of sp³-hybridized carbons (Fsp3) is 0.0769. The molecule has 0 radical (unpaired) electrons. The Morgan fingerprint density at radius 2 is 1.76 bits per heavy atom. The molecule has 0 fully saturated rings. The van der Waals surface area contributed by atoms with Crippen molar-refractivity contribution in [2.24, 2.45) is 0 Å². The van der Waals surface area contributed by atoms with Crippen molar-refractivity contribution in [2.75, 3.05) is 7.11 Å². The van der Waals surface area contributed by atoms with Gasteiger partial charge in [-0.25, -0.2) is 9.97 Å². The van der Waals surface area contributed by atoms with Gasteiger partial charge in [-0.15, -0.1) is 0 Å². The second-order valence-electron chi connectivity index (χ2n) is 7.42. The van der Waals surface area contributed by atoms with E-state index in [4.69, 9.17) is 9.26 Å². The highest BCUT2D eigenvalue weighted by atomic mass is 16.5. The summed E-state index contributed by atoms with van der Waals surface area (Å²) in [6.07, 6.45) is 1.50. The normalized spacial score (nSPS) is 10.8. The number of nitrogens with one attached hydrogen (secondary N) is 1. The maximum absolute atomic E-state index is 12.8. The number of amides is 1. The van der Waals surface area contributed by atoms with Gasteiger partial charge < -0.3 is 14.6 Å². The van der Waals surface area contributed by atoms with Crippen molar-refractivity contribution in [3.8, 4) is 28.3 Å².